The van der Waals surface area contributed by atoms with Crippen LogP contribution in [-0.4, -0.2) is 16.0 Å². The Kier molecular flexibility index (Phi) is 2.74. The number of anilines is 1. The molecule has 0 bridgehead atoms. The molecule has 1 atom stereocenters. The van der Waals surface area contributed by atoms with Crippen LogP contribution in [0.2, 0.25) is 0 Å². The quantitative estimate of drug-likeness (QED) is 0.853. The van der Waals surface area contributed by atoms with Gasteiger partial charge in [-0.2, -0.15) is 0 Å². The van der Waals surface area contributed by atoms with Crippen LogP contribution in [0.1, 0.15) is 17.7 Å². The van der Waals surface area contributed by atoms with Gasteiger partial charge in [-0.25, -0.2) is 9.97 Å². The number of hydrogen-bond donors (Lipinski definition) is 1. The summed E-state index contributed by atoms with van der Waals surface area (Å²) in [7, 11) is 0. The van der Waals surface area contributed by atoms with Crippen molar-refractivity contribution in [2.75, 3.05) is 5.32 Å². The van der Waals surface area contributed by atoms with Crippen molar-refractivity contribution in [2.24, 2.45) is 0 Å². The molecule has 0 aliphatic heterocycles. The van der Waals surface area contributed by atoms with Crippen molar-refractivity contribution in [2.45, 2.75) is 25.3 Å². The van der Waals surface area contributed by atoms with Crippen molar-refractivity contribution in [3.8, 4) is 0 Å². The maximum absolute atomic E-state index is 4.36. The maximum Gasteiger partial charge on any atom is 0.115 e. The first kappa shape index (κ1) is 10.3. The van der Waals surface area contributed by atoms with E-state index in [0.717, 1.165) is 19.3 Å². The normalized spacial score (nSPS) is 18.5. The van der Waals surface area contributed by atoms with Gasteiger partial charge in [0.2, 0.25) is 0 Å². The highest BCUT2D eigenvalue weighted by Gasteiger charge is 2.19. The average molecular weight is 225 g/mol. The Morgan fingerprint density at radius 1 is 1.18 bits per heavy atom. The van der Waals surface area contributed by atoms with Crippen LogP contribution in [0.5, 0.6) is 0 Å². The summed E-state index contributed by atoms with van der Waals surface area (Å²) in [4.78, 5) is 8.44. The second-order valence-corrected chi connectivity index (χ2v) is 4.44. The van der Waals surface area contributed by atoms with Crippen molar-refractivity contribution in [3.05, 3.63) is 54.1 Å². The van der Waals surface area contributed by atoms with Gasteiger partial charge < -0.3 is 5.32 Å². The molecule has 17 heavy (non-hydrogen) atoms. The van der Waals surface area contributed by atoms with E-state index in [1.165, 1.54) is 16.9 Å². The van der Waals surface area contributed by atoms with Gasteiger partial charge in [0, 0.05) is 30.0 Å². The SMILES string of the molecule is c1ccc(NC2CCc3cncnc3C2)cc1. The van der Waals surface area contributed by atoms with E-state index in [9.17, 15) is 0 Å². The number of hydrogen-bond acceptors (Lipinski definition) is 3. The molecule has 86 valence electrons. The molecule has 0 amide bonds. The highest BCUT2D eigenvalue weighted by atomic mass is 14.9. The van der Waals surface area contributed by atoms with Crippen LogP contribution < -0.4 is 5.32 Å². The van der Waals surface area contributed by atoms with Gasteiger partial charge in [-0.15, -0.1) is 0 Å². The van der Waals surface area contributed by atoms with E-state index in [1.807, 2.05) is 12.3 Å². The number of para-hydroxylation sites is 1. The average Bonchev–Trinajstić information content (AvgIpc) is 2.40. The number of nitrogens with zero attached hydrogens (tertiary/aromatic N) is 2. The molecule has 1 heterocycles. The Morgan fingerprint density at radius 3 is 2.94 bits per heavy atom. The first-order valence-corrected chi connectivity index (χ1v) is 6.01. The molecule has 0 saturated carbocycles. The summed E-state index contributed by atoms with van der Waals surface area (Å²) in [5.74, 6) is 0. The van der Waals surface area contributed by atoms with Crippen LogP contribution in [0.15, 0.2) is 42.9 Å². The number of nitrogens with one attached hydrogen (secondary N) is 1. The van der Waals surface area contributed by atoms with Crippen LogP contribution in [0.3, 0.4) is 0 Å². The number of aromatic nitrogens is 2. The fourth-order valence-corrected chi connectivity index (χ4v) is 2.33. The second-order valence-electron chi connectivity index (χ2n) is 4.44. The zero-order valence-electron chi connectivity index (χ0n) is 9.63. The lowest BCUT2D eigenvalue weighted by molar-refractivity contribution is 0.594. The zero-order valence-corrected chi connectivity index (χ0v) is 9.63. The first-order valence-electron chi connectivity index (χ1n) is 6.01. The van der Waals surface area contributed by atoms with Gasteiger partial charge in [0.1, 0.15) is 6.33 Å². The minimum atomic E-state index is 0.486. The predicted octanol–water partition coefficient (Wildman–Crippen LogP) is 2.45. The van der Waals surface area contributed by atoms with E-state index < -0.39 is 0 Å². The fraction of sp³-hybridized carbons (Fsp3) is 0.286. The van der Waals surface area contributed by atoms with E-state index in [4.69, 9.17) is 0 Å². The summed E-state index contributed by atoms with van der Waals surface area (Å²) in [6.45, 7) is 0. The van der Waals surface area contributed by atoms with Crippen LogP contribution in [-0.2, 0) is 12.8 Å². The Balaban J connectivity index is 1.72. The van der Waals surface area contributed by atoms with E-state index in [1.54, 1.807) is 6.33 Å². The summed E-state index contributed by atoms with van der Waals surface area (Å²) in [6.07, 6.45) is 6.80. The molecule has 0 radical (unpaired) electrons. The molecule has 3 heteroatoms. The van der Waals surface area contributed by atoms with Gasteiger partial charge in [-0.1, -0.05) is 18.2 Å². The summed E-state index contributed by atoms with van der Waals surface area (Å²) in [6, 6.07) is 10.8. The van der Waals surface area contributed by atoms with E-state index in [0.29, 0.717) is 6.04 Å². The largest absolute Gasteiger partial charge is 0.382 e. The minimum Gasteiger partial charge on any atom is -0.382 e. The number of rotatable bonds is 2. The molecular weight excluding hydrogens is 210 g/mol. The molecule has 3 rings (SSSR count). The van der Waals surface area contributed by atoms with E-state index >= 15 is 0 Å². The standard InChI is InChI=1S/C14H15N3/c1-2-4-12(5-3-1)17-13-7-6-11-9-15-10-16-14(11)8-13/h1-5,9-10,13,17H,6-8H2. The first-order chi connectivity index (χ1) is 8.42. The Bertz CT molecular complexity index is 496. The summed E-state index contributed by atoms with van der Waals surface area (Å²) < 4.78 is 0. The summed E-state index contributed by atoms with van der Waals surface area (Å²) in [5, 5.41) is 3.56. The van der Waals surface area contributed by atoms with Crippen LogP contribution in [0.4, 0.5) is 5.69 Å². The summed E-state index contributed by atoms with van der Waals surface area (Å²) >= 11 is 0. The van der Waals surface area contributed by atoms with Gasteiger partial charge in [-0.3, -0.25) is 0 Å². The monoisotopic (exact) mass is 225 g/mol. The van der Waals surface area contributed by atoms with Gasteiger partial charge >= 0.3 is 0 Å². The van der Waals surface area contributed by atoms with Crippen molar-refractivity contribution >= 4 is 5.69 Å². The third kappa shape index (κ3) is 2.28. The highest BCUT2D eigenvalue weighted by molar-refractivity contribution is 5.44. The molecule has 2 aromatic rings. The van der Waals surface area contributed by atoms with Crippen LogP contribution >= 0.6 is 0 Å². The van der Waals surface area contributed by atoms with E-state index in [-0.39, 0.29) is 0 Å². The van der Waals surface area contributed by atoms with Gasteiger partial charge in [0.15, 0.2) is 0 Å². The van der Waals surface area contributed by atoms with Crippen molar-refractivity contribution in [3.63, 3.8) is 0 Å². The Morgan fingerprint density at radius 2 is 2.06 bits per heavy atom. The highest BCUT2D eigenvalue weighted by Crippen LogP contribution is 2.21. The van der Waals surface area contributed by atoms with Crippen molar-refractivity contribution < 1.29 is 0 Å². The molecule has 1 aromatic heterocycles. The topological polar surface area (TPSA) is 37.8 Å². The number of fused-ring (bicyclic) bond motifs is 1. The zero-order chi connectivity index (χ0) is 11.5. The number of benzene rings is 1. The lowest BCUT2D eigenvalue weighted by atomic mass is 9.93. The number of aryl methyl sites for hydroxylation is 1. The van der Waals surface area contributed by atoms with E-state index in [2.05, 4.69) is 39.6 Å². The van der Waals surface area contributed by atoms with Crippen molar-refractivity contribution in [1.29, 1.82) is 0 Å². The smallest absolute Gasteiger partial charge is 0.115 e. The molecule has 1 aromatic carbocycles. The summed E-state index contributed by atoms with van der Waals surface area (Å²) in [5.41, 5.74) is 3.69. The molecule has 1 aliphatic rings. The molecule has 0 saturated heterocycles. The Labute approximate surface area is 101 Å². The molecule has 0 spiro atoms. The van der Waals surface area contributed by atoms with Gasteiger partial charge in [0.05, 0.1) is 0 Å². The molecule has 1 aliphatic carbocycles. The lowest BCUT2D eigenvalue weighted by Gasteiger charge is -2.25. The molecule has 3 nitrogen and oxygen atoms in total. The van der Waals surface area contributed by atoms with Crippen LogP contribution in [0, 0.1) is 0 Å². The van der Waals surface area contributed by atoms with Crippen LogP contribution in [0.25, 0.3) is 0 Å². The second kappa shape index (κ2) is 4.53. The minimum absolute atomic E-state index is 0.486. The molecule has 0 fully saturated rings. The van der Waals surface area contributed by atoms with Gasteiger partial charge in [-0.05, 0) is 30.5 Å². The third-order valence-electron chi connectivity index (χ3n) is 3.23. The molecular formula is C14H15N3. The lowest BCUT2D eigenvalue weighted by Crippen LogP contribution is -2.28. The Hall–Kier alpha value is -1.90. The predicted molar refractivity (Wildman–Crippen MR) is 67.9 cm³/mol. The van der Waals surface area contributed by atoms with Gasteiger partial charge in [0.25, 0.3) is 0 Å². The molecule has 1 N–H and O–H groups in total. The third-order valence-corrected chi connectivity index (χ3v) is 3.23. The maximum atomic E-state index is 4.36. The molecule has 1 unspecified atom stereocenters. The fourth-order valence-electron chi connectivity index (χ4n) is 2.33. The van der Waals surface area contributed by atoms with Crippen molar-refractivity contribution in [1.82, 2.24) is 9.97 Å².